The highest BCUT2D eigenvalue weighted by Gasteiger charge is 2.27. The molecule has 1 aliphatic heterocycles. The second-order valence-electron chi connectivity index (χ2n) is 2.18. The molecule has 52 valence electrons. The van der Waals surface area contributed by atoms with E-state index in [0.717, 1.165) is 0 Å². The van der Waals surface area contributed by atoms with Gasteiger partial charge in [0.2, 0.25) is 0 Å². The monoisotopic (exact) mass is 135 g/mol. The first-order valence-electron chi connectivity index (χ1n) is 2.92. The molecule has 3 heteroatoms. The molecule has 0 aromatic rings. The van der Waals surface area contributed by atoms with Crippen LogP contribution < -0.4 is 11.5 Å². The molecule has 0 aromatic carbocycles. The van der Waals surface area contributed by atoms with Crippen LogP contribution in [0.15, 0.2) is 17.1 Å². The van der Waals surface area contributed by atoms with E-state index in [1.165, 1.54) is 0 Å². The Morgan fingerprint density at radius 3 is 2.80 bits per heavy atom. The maximum absolute atomic E-state index is 5.64. The van der Waals surface area contributed by atoms with Crippen LogP contribution in [0.4, 0.5) is 0 Å². The second-order valence-corrected chi connectivity index (χ2v) is 2.18. The number of hydrogen-bond donors (Lipinski definition) is 2. The average Bonchev–Trinajstić information content (AvgIpc) is 1.96. The summed E-state index contributed by atoms with van der Waals surface area (Å²) >= 11 is 0. The highest BCUT2D eigenvalue weighted by Crippen LogP contribution is 2.09. The predicted molar refractivity (Wildman–Crippen MR) is 41.4 cm³/mol. The van der Waals surface area contributed by atoms with E-state index in [0.29, 0.717) is 0 Å². The molecule has 2 atom stereocenters. The first-order valence-corrected chi connectivity index (χ1v) is 2.92. The van der Waals surface area contributed by atoms with Gasteiger partial charge in [-0.05, 0) is 12.2 Å². The Morgan fingerprint density at radius 2 is 2.40 bits per heavy atom. The van der Waals surface area contributed by atoms with Gasteiger partial charge in [-0.3, -0.25) is 4.99 Å². The normalized spacial score (nSPS) is 37.5. The number of aliphatic imine (C=N–C) groups is 1. The maximum atomic E-state index is 5.64. The summed E-state index contributed by atoms with van der Waals surface area (Å²) in [5.41, 5.74) is 10.3. The number of nitrogens with zero attached hydrogens (tertiary/aromatic N) is 1. The zero-order valence-corrected chi connectivity index (χ0v) is 5.49. The number of allylic oxidation sites excluding steroid dienone is 1. The van der Waals surface area contributed by atoms with Gasteiger partial charge in [0.15, 0.2) is 0 Å². The molecule has 4 N–H and O–H groups in total. The summed E-state index contributed by atoms with van der Waals surface area (Å²) in [6.07, 6.45) is 9.60. The third-order valence-corrected chi connectivity index (χ3v) is 1.44. The molecule has 0 aromatic heterocycles. The van der Waals surface area contributed by atoms with Gasteiger partial charge < -0.3 is 11.5 Å². The van der Waals surface area contributed by atoms with Crippen molar-refractivity contribution in [1.29, 1.82) is 0 Å². The van der Waals surface area contributed by atoms with E-state index in [1.54, 1.807) is 18.4 Å². The SMILES string of the molecule is C#CC1(N)C=CC=NC1N. The zero-order chi connectivity index (χ0) is 7.61. The first-order chi connectivity index (χ1) is 4.69. The van der Waals surface area contributed by atoms with Crippen LogP contribution in [0.2, 0.25) is 0 Å². The summed E-state index contributed by atoms with van der Waals surface area (Å²) in [6, 6.07) is 0. The van der Waals surface area contributed by atoms with Crippen LogP contribution in [-0.4, -0.2) is 17.9 Å². The second kappa shape index (κ2) is 2.25. The van der Waals surface area contributed by atoms with Crippen molar-refractivity contribution in [2.45, 2.75) is 11.7 Å². The van der Waals surface area contributed by atoms with Crippen LogP contribution in [0.3, 0.4) is 0 Å². The standard InChI is InChI=1S/C7H9N3/c1-2-7(9)4-3-5-10-6(7)8/h1,3-6H,8-9H2. The number of hydrogen-bond acceptors (Lipinski definition) is 3. The Hall–Kier alpha value is -1.11. The molecular weight excluding hydrogens is 126 g/mol. The van der Waals surface area contributed by atoms with Crippen molar-refractivity contribution in [2.75, 3.05) is 0 Å². The molecule has 0 aliphatic carbocycles. The lowest BCUT2D eigenvalue weighted by Gasteiger charge is -2.25. The smallest absolute Gasteiger partial charge is 0.132 e. The summed E-state index contributed by atoms with van der Waals surface area (Å²) in [5.74, 6) is 2.38. The predicted octanol–water partition coefficient (Wildman–Crippen LogP) is -0.758. The topological polar surface area (TPSA) is 64.4 Å². The Kier molecular flexibility index (Phi) is 1.58. The van der Waals surface area contributed by atoms with E-state index < -0.39 is 11.7 Å². The van der Waals surface area contributed by atoms with Gasteiger partial charge >= 0.3 is 0 Å². The summed E-state index contributed by atoms with van der Waals surface area (Å²) in [5, 5.41) is 0. The van der Waals surface area contributed by atoms with Gasteiger partial charge in [-0.25, -0.2) is 0 Å². The van der Waals surface area contributed by atoms with Crippen LogP contribution in [0, 0.1) is 12.3 Å². The summed E-state index contributed by atoms with van der Waals surface area (Å²) in [4.78, 5) is 3.85. The Labute approximate surface area is 59.8 Å². The van der Waals surface area contributed by atoms with Gasteiger partial charge in [0.05, 0.1) is 0 Å². The largest absolute Gasteiger partial charge is 0.309 e. The lowest BCUT2D eigenvalue weighted by molar-refractivity contribution is 0.532. The molecule has 1 aliphatic rings. The van der Waals surface area contributed by atoms with Gasteiger partial charge in [0, 0.05) is 6.21 Å². The zero-order valence-electron chi connectivity index (χ0n) is 5.49. The van der Waals surface area contributed by atoms with Crippen LogP contribution in [-0.2, 0) is 0 Å². The molecule has 3 nitrogen and oxygen atoms in total. The van der Waals surface area contributed by atoms with E-state index in [1.807, 2.05) is 0 Å². The molecule has 0 bridgehead atoms. The van der Waals surface area contributed by atoms with E-state index in [9.17, 15) is 0 Å². The molecule has 10 heavy (non-hydrogen) atoms. The highest BCUT2D eigenvalue weighted by atomic mass is 15.0. The fourth-order valence-electron chi connectivity index (χ4n) is 0.700. The molecular formula is C7H9N3. The molecule has 0 saturated heterocycles. The van der Waals surface area contributed by atoms with Crippen LogP contribution in [0.25, 0.3) is 0 Å². The van der Waals surface area contributed by atoms with Crippen molar-refractivity contribution in [3.8, 4) is 12.3 Å². The van der Waals surface area contributed by atoms with Gasteiger partial charge in [-0.1, -0.05) is 5.92 Å². The summed E-state index contributed by atoms with van der Waals surface area (Å²) < 4.78 is 0. The quantitative estimate of drug-likeness (QED) is 0.429. The molecule has 1 rings (SSSR count). The van der Waals surface area contributed by atoms with E-state index >= 15 is 0 Å². The summed E-state index contributed by atoms with van der Waals surface area (Å²) in [7, 11) is 0. The Morgan fingerprint density at radius 1 is 1.70 bits per heavy atom. The number of rotatable bonds is 0. The van der Waals surface area contributed by atoms with Crippen molar-refractivity contribution in [2.24, 2.45) is 16.5 Å². The van der Waals surface area contributed by atoms with Gasteiger partial charge in [-0.15, -0.1) is 6.42 Å². The Bertz CT molecular complexity index is 223. The molecule has 0 saturated carbocycles. The Balaban J connectivity index is 2.91. The number of dihydropyridines is 1. The average molecular weight is 135 g/mol. The van der Waals surface area contributed by atoms with Gasteiger partial charge in [0.25, 0.3) is 0 Å². The third kappa shape index (κ3) is 0.947. The van der Waals surface area contributed by atoms with E-state index in [-0.39, 0.29) is 0 Å². The maximum Gasteiger partial charge on any atom is 0.132 e. The van der Waals surface area contributed by atoms with Crippen molar-refractivity contribution >= 4 is 6.21 Å². The number of nitrogens with two attached hydrogens (primary N) is 2. The van der Waals surface area contributed by atoms with Crippen molar-refractivity contribution in [1.82, 2.24) is 0 Å². The lowest BCUT2D eigenvalue weighted by Crippen LogP contribution is -2.52. The van der Waals surface area contributed by atoms with Crippen molar-refractivity contribution in [3.05, 3.63) is 12.2 Å². The van der Waals surface area contributed by atoms with Crippen LogP contribution >= 0.6 is 0 Å². The third-order valence-electron chi connectivity index (χ3n) is 1.44. The van der Waals surface area contributed by atoms with Crippen molar-refractivity contribution in [3.63, 3.8) is 0 Å². The first kappa shape index (κ1) is 7.00. The number of terminal acetylenes is 1. The van der Waals surface area contributed by atoms with E-state index in [2.05, 4.69) is 10.9 Å². The molecule has 0 radical (unpaired) electrons. The van der Waals surface area contributed by atoms with Gasteiger partial charge in [0.1, 0.15) is 11.7 Å². The summed E-state index contributed by atoms with van der Waals surface area (Å²) in [6.45, 7) is 0. The fourth-order valence-corrected chi connectivity index (χ4v) is 0.700. The highest BCUT2D eigenvalue weighted by molar-refractivity contribution is 5.73. The molecule has 1 heterocycles. The van der Waals surface area contributed by atoms with Gasteiger partial charge in [-0.2, -0.15) is 0 Å². The minimum atomic E-state index is -0.894. The van der Waals surface area contributed by atoms with Crippen LogP contribution in [0.5, 0.6) is 0 Å². The van der Waals surface area contributed by atoms with Crippen LogP contribution in [0.1, 0.15) is 0 Å². The van der Waals surface area contributed by atoms with Crippen molar-refractivity contribution < 1.29 is 0 Å². The molecule has 0 spiro atoms. The molecule has 2 unspecified atom stereocenters. The minimum absolute atomic E-state index is 0.512. The fraction of sp³-hybridized carbons (Fsp3) is 0.286. The molecule has 0 amide bonds. The molecule has 0 fully saturated rings. The van der Waals surface area contributed by atoms with E-state index in [4.69, 9.17) is 17.9 Å². The lowest BCUT2D eigenvalue weighted by atomic mass is 9.97. The minimum Gasteiger partial charge on any atom is -0.309 e.